The third-order valence-corrected chi connectivity index (χ3v) is 5.73. The van der Waals surface area contributed by atoms with Gasteiger partial charge in [0.05, 0.1) is 5.92 Å². The molecule has 1 saturated heterocycles. The third-order valence-electron chi connectivity index (χ3n) is 5.73. The van der Waals surface area contributed by atoms with Gasteiger partial charge in [0.1, 0.15) is 0 Å². The minimum Gasteiger partial charge on any atom is -0.550 e. The van der Waals surface area contributed by atoms with Gasteiger partial charge in [0.15, 0.2) is 0 Å². The summed E-state index contributed by atoms with van der Waals surface area (Å²) in [7, 11) is 0. The van der Waals surface area contributed by atoms with Crippen molar-refractivity contribution in [1.82, 2.24) is 4.90 Å². The molecule has 1 aromatic carbocycles. The van der Waals surface area contributed by atoms with Crippen LogP contribution >= 0.6 is 0 Å². The van der Waals surface area contributed by atoms with Crippen LogP contribution in [0.25, 0.3) is 0 Å². The lowest BCUT2D eigenvalue weighted by molar-refractivity contribution is -0.313. The topological polar surface area (TPSA) is 63.7 Å². The van der Waals surface area contributed by atoms with E-state index in [0.717, 1.165) is 19.5 Å². The number of amides is 1. The molecule has 24 heavy (non-hydrogen) atoms. The molecule has 1 saturated carbocycles. The van der Waals surface area contributed by atoms with Crippen LogP contribution in [0.2, 0.25) is 0 Å². The normalized spacial score (nSPS) is 31.5. The second kappa shape index (κ2) is 5.96. The Morgan fingerprint density at radius 2 is 1.54 bits per heavy atom. The molecule has 5 heteroatoms. The molecule has 0 N–H and O–H groups in total. The summed E-state index contributed by atoms with van der Waals surface area (Å²) >= 11 is 0. The van der Waals surface area contributed by atoms with Crippen molar-refractivity contribution in [1.29, 1.82) is 0 Å². The maximum absolute atomic E-state index is 12.9. The van der Waals surface area contributed by atoms with Crippen molar-refractivity contribution in [3.05, 3.63) is 42.5 Å². The maximum Gasteiger partial charge on any atom is 0.227 e. The third kappa shape index (κ3) is 2.48. The molecule has 0 spiro atoms. The zero-order chi connectivity index (χ0) is 16.7. The Balaban J connectivity index is 1.43. The number of carbonyl (C=O) groups excluding carboxylic acids is 2. The number of piperazine rings is 1. The number of nitrogens with zero attached hydrogens (tertiary/aromatic N) is 2. The second-order valence-corrected chi connectivity index (χ2v) is 6.97. The van der Waals surface area contributed by atoms with Gasteiger partial charge in [-0.25, -0.2) is 0 Å². The molecule has 2 bridgehead atoms. The lowest BCUT2D eigenvalue weighted by Crippen LogP contribution is -2.53. The van der Waals surface area contributed by atoms with E-state index in [4.69, 9.17) is 0 Å². The van der Waals surface area contributed by atoms with E-state index in [9.17, 15) is 14.7 Å². The van der Waals surface area contributed by atoms with Crippen LogP contribution in [0.3, 0.4) is 0 Å². The summed E-state index contributed by atoms with van der Waals surface area (Å²) in [6.45, 7) is 2.85. The van der Waals surface area contributed by atoms with Gasteiger partial charge >= 0.3 is 0 Å². The van der Waals surface area contributed by atoms with Gasteiger partial charge in [0.25, 0.3) is 0 Å². The first-order valence-corrected chi connectivity index (χ1v) is 8.63. The fourth-order valence-corrected chi connectivity index (χ4v) is 4.51. The molecule has 4 atom stereocenters. The Hall–Kier alpha value is -2.30. The molecule has 0 unspecified atom stereocenters. The molecule has 2 aliphatic carbocycles. The number of hydrogen-bond donors (Lipinski definition) is 0. The van der Waals surface area contributed by atoms with Crippen molar-refractivity contribution in [2.75, 3.05) is 31.1 Å². The Labute approximate surface area is 141 Å². The zero-order valence-electron chi connectivity index (χ0n) is 13.5. The van der Waals surface area contributed by atoms with E-state index in [2.05, 4.69) is 17.0 Å². The smallest absolute Gasteiger partial charge is 0.227 e. The highest BCUT2D eigenvalue weighted by molar-refractivity contribution is 5.86. The summed E-state index contributed by atoms with van der Waals surface area (Å²) in [5.41, 5.74) is 1.17. The number of aliphatic carboxylic acids is 1. The van der Waals surface area contributed by atoms with Crippen molar-refractivity contribution in [3.63, 3.8) is 0 Å². The van der Waals surface area contributed by atoms with Crippen molar-refractivity contribution >= 4 is 17.6 Å². The number of benzene rings is 1. The Bertz CT molecular complexity index is 664. The lowest BCUT2D eigenvalue weighted by atomic mass is 9.82. The fraction of sp³-hybridized carbons (Fsp3) is 0.474. The highest BCUT2D eigenvalue weighted by atomic mass is 16.4. The number of carbonyl (C=O) groups is 2. The Kier molecular flexibility index (Phi) is 3.79. The lowest BCUT2D eigenvalue weighted by Gasteiger charge is -2.39. The van der Waals surface area contributed by atoms with Gasteiger partial charge < -0.3 is 19.7 Å². The van der Waals surface area contributed by atoms with Crippen molar-refractivity contribution in [3.8, 4) is 0 Å². The first kappa shape index (κ1) is 15.2. The fourth-order valence-electron chi connectivity index (χ4n) is 4.51. The first-order chi connectivity index (χ1) is 11.6. The Morgan fingerprint density at radius 1 is 0.917 bits per heavy atom. The number of anilines is 1. The molecule has 0 aromatic heterocycles. The predicted octanol–water partition coefficient (Wildman–Crippen LogP) is 0.523. The van der Waals surface area contributed by atoms with Crippen LogP contribution in [-0.4, -0.2) is 43.0 Å². The minimum absolute atomic E-state index is 0.00578. The van der Waals surface area contributed by atoms with Gasteiger partial charge in [-0.1, -0.05) is 30.4 Å². The van der Waals surface area contributed by atoms with Crippen LogP contribution in [0.4, 0.5) is 5.69 Å². The van der Waals surface area contributed by atoms with E-state index >= 15 is 0 Å². The van der Waals surface area contributed by atoms with E-state index in [-0.39, 0.29) is 17.7 Å². The Morgan fingerprint density at radius 3 is 2.17 bits per heavy atom. The number of allylic oxidation sites excluding steroid dienone is 2. The van der Waals surface area contributed by atoms with Crippen LogP contribution in [-0.2, 0) is 9.59 Å². The van der Waals surface area contributed by atoms with Crippen LogP contribution < -0.4 is 10.0 Å². The van der Waals surface area contributed by atoms with Crippen LogP contribution in [0.5, 0.6) is 0 Å². The van der Waals surface area contributed by atoms with E-state index in [1.165, 1.54) is 5.69 Å². The maximum atomic E-state index is 12.9. The average Bonchev–Trinajstić information content (AvgIpc) is 3.23. The molecule has 126 valence electrons. The zero-order valence-corrected chi connectivity index (χ0v) is 13.5. The van der Waals surface area contributed by atoms with Crippen molar-refractivity contribution in [2.45, 2.75) is 6.42 Å². The van der Waals surface area contributed by atoms with Gasteiger partial charge in [-0.15, -0.1) is 0 Å². The molecule has 1 aromatic rings. The molecule has 1 aliphatic heterocycles. The molecule has 1 amide bonds. The number of carboxylic acids is 1. The van der Waals surface area contributed by atoms with Gasteiger partial charge in [-0.3, -0.25) is 4.79 Å². The van der Waals surface area contributed by atoms with E-state index < -0.39 is 17.8 Å². The summed E-state index contributed by atoms with van der Waals surface area (Å²) in [6, 6.07) is 10.2. The quantitative estimate of drug-likeness (QED) is 0.760. The summed E-state index contributed by atoms with van der Waals surface area (Å²) < 4.78 is 0. The second-order valence-electron chi connectivity index (χ2n) is 6.97. The van der Waals surface area contributed by atoms with E-state index in [0.29, 0.717) is 13.1 Å². The van der Waals surface area contributed by atoms with Crippen molar-refractivity contribution < 1.29 is 14.7 Å². The highest BCUT2D eigenvalue weighted by Crippen LogP contribution is 2.48. The highest BCUT2D eigenvalue weighted by Gasteiger charge is 2.49. The molecule has 5 nitrogen and oxygen atoms in total. The molecule has 3 aliphatic rings. The van der Waals surface area contributed by atoms with Crippen molar-refractivity contribution in [2.24, 2.45) is 23.7 Å². The standard InChI is InChI=1S/C19H22N2O3/c22-18(16-13-6-7-14(12-13)17(16)19(23)24)21-10-8-20(9-11-21)15-4-2-1-3-5-15/h1-7,13-14,16-17H,8-12H2,(H,23,24)/p-1/t13-,14-,16+,17+/m1/s1. The van der Waals surface area contributed by atoms with E-state index in [1.54, 1.807) is 0 Å². The van der Waals surface area contributed by atoms with Gasteiger partial charge in [0.2, 0.25) is 5.91 Å². The van der Waals surface area contributed by atoms with Crippen LogP contribution in [0.1, 0.15) is 6.42 Å². The van der Waals surface area contributed by atoms with E-state index in [1.807, 2.05) is 35.3 Å². The number of carboxylic acid groups (broad SMARTS) is 1. The predicted molar refractivity (Wildman–Crippen MR) is 88.0 cm³/mol. The van der Waals surface area contributed by atoms with Crippen LogP contribution in [0, 0.1) is 23.7 Å². The molecular weight excluding hydrogens is 304 g/mol. The average molecular weight is 325 g/mol. The number of rotatable bonds is 3. The van der Waals surface area contributed by atoms with Gasteiger partial charge in [-0.05, 0) is 30.4 Å². The number of hydrogen-bond acceptors (Lipinski definition) is 4. The monoisotopic (exact) mass is 325 g/mol. The minimum atomic E-state index is -1.08. The summed E-state index contributed by atoms with van der Waals surface area (Å²) in [6.07, 6.45) is 4.74. The molecule has 1 heterocycles. The largest absolute Gasteiger partial charge is 0.550 e. The van der Waals surface area contributed by atoms with Gasteiger partial charge in [-0.2, -0.15) is 0 Å². The summed E-state index contributed by atoms with van der Waals surface area (Å²) in [4.78, 5) is 28.5. The molecule has 2 fully saturated rings. The first-order valence-electron chi connectivity index (χ1n) is 8.63. The molecular formula is C19H21N2O3-. The molecule has 0 radical (unpaired) electrons. The summed E-state index contributed by atoms with van der Waals surface area (Å²) in [5, 5.41) is 11.5. The van der Waals surface area contributed by atoms with Gasteiger partial charge in [0, 0.05) is 43.8 Å². The SMILES string of the molecule is O=C([O-])[C@@H]1[C@@H](C(=O)N2CCN(c3ccccc3)CC2)[C@@H]2C=C[C@@H]1C2. The molecule has 4 rings (SSSR count). The number of fused-ring (bicyclic) bond motifs is 2. The van der Waals surface area contributed by atoms with Crippen LogP contribution in [0.15, 0.2) is 42.5 Å². The summed E-state index contributed by atoms with van der Waals surface area (Å²) in [5.74, 6) is -2.13. The number of para-hydroxylation sites is 1.